The Morgan fingerprint density at radius 1 is 0.769 bits per heavy atom. The molecule has 0 atom stereocenters. The molecule has 0 radical (unpaired) electrons. The summed E-state index contributed by atoms with van der Waals surface area (Å²) in [6.07, 6.45) is 0. The smallest absolute Gasteiger partial charge is 0.399 e. The maximum atomic E-state index is 6.42. The molecule has 0 aliphatic carbocycles. The third-order valence-corrected chi connectivity index (χ3v) is 6.06. The molecule has 130 valence electrons. The standard InChI is InChI=1S/C22H22BNO2/c1-21(2)22(3,4)26-23(25-21)19-15-10-6-5-9-14(15)13-17-16-11-7-8-12-18(16)24-20(17)19/h5-13,24H,1-4H3. The highest BCUT2D eigenvalue weighted by Crippen LogP contribution is 2.38. The van der Waals surface area contributed by atoms with Crippen LogP contribution in [0, 0.1) is 0 Å². The van der Waals surface area contributed by atoms with Gasteiger partial charge < -0.3 is 14.3 Å². The zero-order valence-corrected chi connectivity index (χ0v) is 15.6. The van der Waals surface area contributed by atoms with Crippen LogP contribution in [0.5, 0.6) is 0 Å². The van der Waals surface area contributed by atoms with Gasteiger partial charge in [0, 0.05) is 27.3 Å². The molecule has 2 heterocycles. The van der Waals surface area contributed by atoms with E-state index in [1.165, 1.54) is 21.5 Å². The topological polar surface area (TPSA) is 34.2 Å². The number of aromatic amines is 1. The van der Waals surface area contributed by atoms with Gasteiger partial charge in [-0.25, -0.2) is 0 Å². The van der Waals surface area contributed by atoms with Crippen molar-refractivity contribution in [1.82, 2.24) is 4.98 Å². The van der Waals surface area contributed by atoms with E-state index in [9.17, 15) is 0 Å². The van der Waals surface area contributed by atoms with E-state index >= 15 is 0 Å². The molecule has 1 fully saturated rings. The van der Waals surface area contributed by atoms with Crippen LogP contribution in [0.4, 0.5) is 0 Å². The molecule has 1 aliphatic heterocycles. The Morgan fingerprint density at radius 2 is 1.38 bits per heavy atom. The first kappa shape index (κ1) is 15.9. The molecule has 4 heteroatoms. The maximum absolute atomic E-state index is 6.42. The maximum Gasteiger partial charge on any atom is 0.497 e. The third kappa shape index (κ3) is 2.09. The van der Waals surface area contributed by atoms with Gasteiger partial charge in [-0.2, -0.15) is 0 Å². The largest absolute Gasteiger partial charge is 0.497 e. The summed E-state index contributed by atoms with van der Waals surface area (Å²) in [6.45, 7) is 8.39. The minimum Gasteiger partial charge on any atom is -0.399 e. The first-order valence-electron chi connectivity index (χ1n) is 9.15. The highest BCUT2D eigenvalue weighted by atomic mass is 16.7. The lowest BCUT2D eigenvalue weighted by atomic mass is 9.74. The van der Waals surface area contributed by atoms with Crippen molar-refractivity contribution in [2.75, 3.05) is 0 Å². The van der Waals surface area contributed by atoms with Gasteiger partial charge in [0.15, 0.2) is 0 Å². The molecule has 3 nitrogen and oxygen atoms in total. The van der Waals surface area contributed by atoms with Crippen LogP contribution in [0.15, 0.2) is 54.6 Å². The molecular formula is C22H22BNO2. The molecule has 0 spiro atoms. The lowest BCUT2D eigenvalue weighted by Gasteiger charge is -2.32. The minimum atomic E-state index is -0.401. The van der Waals surface area contributed by atoms with Gasteiger partial charge in [0.25, 0.3) is 0 Å². The summed E-state index contributed by atoms with van der Waals surface area (Å²) >= 11 is 0. The summed E-state index contributed by atoms with van der Waals surface area (Å²) in [5, 5.41) is 4.81. The second-order valence-electron chi connectivity index (χ2n) is 8.19. The van der Waals surface area contributed by atoms with Crippen LogP contribution in [0.2, 0.25) is 0 Å². The molecule has 4 aromatic rings. The van der Waals surface area contributed by atoms with E-state index in [1.807, 2.05) is 0 Å². The Balaban J connectivity index is 1.87. The van der Waals surface area contributed by atoms with Gasteiger partial charge in [-0.05, 0) is 50.6 Å². The highest BCUT2D eigenvalue weighted by Gasteiger charge is 2.52. The minimum absolute atomic E-state index is 0.368. The summed E-state index contributed by atoms with van der Waals surface area (Å²) in [6, 6.07) is 19.2. The van der Waals surface area contributed by atoms with Gasteiger partial charge in [0.1, 0.15) is 0 Å². The zero-order valence-electron chi connectivity index (χ0n) is 15.6. The average molecular weight is 343 g/mol. The van der Waals surface area contributed by atoms with E-state index in [2.05, 4.69) is 87.3 Å². The number of aromatic nitrogens is 1. The SMILES string of the molecule is CC1(C)OB(c2c3ccccc3cc3c2[nH]c2ccccc23)OC1(C)C. The Bertz CT molecular complexity index is 1140. The van der Waals surface area contributed by atoms with Crippen molar-refractivity contribution in [3.05, 3.63) is 54.6 Å². The van der Waals surface area contributed by atoms with E-state index < -0.39 is 7.12 Å². The number of nitrogens with one attached hydrogen (secondary N) is 1. The monoisotopic (exact) mass is 343 g/mol. The van der Waals surface area contributed by atoms with E-state index in [0.717, 1.165) is 16.5 Å². The van der Waals surface area contributed by atoms with Crippen molar-refractivity contribution in [2.24, 2.45) is 0 Å². The average Bonchev–Trinajstić information content (AvgIpc) is 3.06. The molecule has 1 aromatic heterocycles. The molecule has 0 bridgehead atoms. The van der Waals surface area contributed by atoms with Gasteiger partial charge in [0.05, 0.1) is 11.2 Å². The molecule has 1 aliphatic rings. The van der Waals surface area contributed by atoms with Crippen LogP contribution in [0.3, 0.4) is 0 Å². The van der Waals surface area contributed by atoms with Gasteiger partial charge in [-0.3, -0.25) is 0 Å². The molecule has 0 amide bonds. The lowest BCUT2D eigenvalue weighted by Crippen LogP contribution is -2.41. The van der Waals surface area contributed by atoms with Crippen molar-refractivity contribution in [1.29, 1.82) is 0 Å². The van der Waals surface area contributed by atoms with Crippen LogP contribution in [-0.4, -0.2) is 23.3 Å². The van der Waals surface area contributed by atoms with Crippen molar-refractivity contribution in [3.8, 4) is 0 Å². The predicted molar refractivity (Wildman–Crippen MR) is 109 cm³/mol. The Morgan fingerprint density at radius 3 is 2.12 bits per heavy atom. The number of hydrogen-bond donors (Lipinski definition) is 1. The number of fused-ring (bicyclic) bond motifs is 4. The first-order chi connectivity index (χ1) is 12.4. The molecule has 3 aromatic carbocycles. The Kier molecular flexibility index (Phi) is 3.14. The number of hydrogen-bond acceptors (Lipinski definition) is 2. The number of para-hydroxylation sites is 1. The molecule has 1 N–H and O–H groups in total. The van der Waals surface area contributed by atoms with E-state index in [0.29, 0.717) is 0 Å². The van der Waals surface area contributed by atoms with Gasteiger partial charge in [0.2, 0.25) is 0 Å². The van der Waals surface area contributed by atoms with Crippen molar-refractivity contribution >= 4 is 45.2 Å². The normalized spacial score (nSPS) is 19.0. The molecule has 1 saturated heterocycles. The molecule has 26 heavy (non-hydrogen) atoms. The van der Waals surface area contributed by atoms with Crippen molar-refractivity contribution in [2.45, 2.75) is 38.9 Å². The van der Waals surface area contributed by atoms with E-state index in [4.69, 9.17) is 9.31 Å². The van der Waals surface area contributed by atoms with Crippen LogP contribution in [0.25, 0.3) is 32.6 Å². The van der Waals surface area contributed by atoms with Crippen molar-refractivity contribution < 1.29 is 9.31 Å². The summed E-state index contributed by atoms with van der Waals surface area (Å²) in [4.78, 5) is 3.61. The Hall–Kier alpha value is -2.30. The van der Waals surface area contributed by atoms with Crippen LogP contribution in [-0.2, 0) is 9.31 Å². The third-order valence-electron chi connectivity index (χ3n) is 6.06. The molecular weight excluding hydrogens is 321 g/mol. The van der Waals surface area contributed by atoms with Gasteiger partial charge >= 0.3 is 7.12 Å². The second-order valence-corrected chi connectivity index (χ2v) is 8.19. The molecule has 0 unspecified atom stereocenters. The number of benzene rings is 3. The summed E-state index contributed by atoms with van der Waals surface area (Å²) in [5.41, 5.74) is 2.59. The summed E-state index contributed by atoms with van der Waals surface area (Å²) in [7, 11) is -0.401. The van der Waals surface area contributed by atoms with Crippen LogP contribution in [0.1, 0.15) is 27.7 Å². The Labute approximate surface area is 153 Å². The quantitative estimate of drug-likeness (QED) is 0.505. The predicted octanol–water partition coefficient (Wildman–Crippen LogP) is 4.77. The van der Waals surface area contributed by atoms with Crippen LogP contribution < -0.4 is 5.46 Å². The fourth-order valence-corrected chi connectivity index (χ4v) is 3.89. The summed E-state index contributed by atoms with van der Waals surface area (Å²) < 4.78 is 12.8. The number of rotatable bonds is 1. The molecule has 0 saturated carbocycles. The molecule has 5 rings (SSSR count). The van der Waals surface area contributed by atoms with Gasteiger partial charge in [-0.15, -0.1) is 0 Å². The number of H-pyrrole nitrogens is 1. The van der Waals surface area contributed by atoms with Crippen LogP contribution >= 0.6 is 0 Å². The van der Waals surface area contributed by atoms with Crippen molar-refractivity contribution in [3.63, 3.8) is 0 Å². The highest BCUT2D eigenvalue weighted by molar-refractivity contribution is 6.68. The van der Waals surface area contributed by atoms with Gasteiger partial charge in [-0.1, -0.05) is 42.5 Å². The lowest BCUT2D eigenvalue weighted by molar-refractivity contribution is 0.00578. The fraction of sp³-hybridized carbons (Fsp3) is 0.273. The second kappa shape index (κ2) is 5.12. The first-order valence-corrected chi connectivity index (χ1v) is 9.15. The fourth-order valence-electron chi connectivity index (χ4n) is 3.89. The summed E-state index contributed by atoms with van der Waals surface area (Å²) in [5.74, 6) is 0. The van der Waals surface area contributed by atoms with E-state index in [-0.39, 0.29) is 11.2 Å². The van der Waals surface area contributed by atoms with E-state index in [1.54, 1.807) is 0 Å². The zero-order chi connectivity index (χ0) is 18.1.